The van der Waals surface area contributed by atoms with Gasteiger partial charge in [-0.2, -0.15) is 5.10 Å². The Hall–Kier alpha value is -1.61. The lowest BCUT2D eigenvalue weighted by molar-refractivity contribution is 0.321. The molecule has 2 rings (SSSR count). The van der Waals surface area contributed by atoms with Crippen molar-refractivity contribution in [3.8, 4) is 11.3 Å². The van der Waals surface area contributed by atoms with Crippen molar-refractivity contribution in [3.63, 3.8) is 0 Å². The Morgan fingerprint density at radius 2 is 2.04 bits per heavy atom. The van der Waals surface area contributed by atoms with Gasteiger partial charge in [0, 0.05) is 24.7 Å². The number of rotatable bonds is 8. The lowest BCUT2D eigenvalue weighted by atomic mass is 9.99. The Balaban J connectivity index is 2.24. The minimum absolute atomic E-state index is 0.677. The molecule has 0 aliphatic carbocycles. The summed E-state index contributed by atoms with van der Waals surface area (Å²) in [6.45, 7) is 8.87. The first-order valence-electron chi connectivity index (χ1n) is 8.80. The Bertz CT molecular complexity index is 613. The minimum atomic E-state index is 0.677. The molecule has 2 aromatic rings. The predicted molar refractivity (Wildman–Crippen MR) is 98.4 cm³/mol. The topological polar surface area (TPSA) is 21.1 Å². The smallest absolute Gasteiger partial charge is 0.0724 e. The first-order chi connectivity index (χ1) is 11.0. The summed E-state index contributed by atoms with van der Waals surface area (Å²) in [6, 6.07) is 8.93. The number of benzene rings is 1. The molecular weight excluding hydrogens is 282 g/mol. The van der Waals surface area contributed by atoms with Gasteiger partial charge in [-0.05, 0) is 44.0 Å². The van der Waals surface area contributed by atoms with Crippen molar-refractivity contribution in [2.75, 3.05) is 13.6 Å². The van der Waals surface area contributed by atoms with Crippen LogP contribution < -0.4 is 0 Å². The van der Waals surface area contributed by atoms with Gasteiger partial charge in [0.05, 0.1) is 11.9 Å². The highest BCUT2D eigenvalue weighted by Crippen LogP contribution is 2.26. The molecule has 3 heteroatoms. The van der Waals surface area contributed by atoms with Gasteiger partial charge in [0.25, 0.3) is 0 Å². The molecule has 1 heterocycles. The van der Waals surface area contributed by atoms with Gasteiger partial charge >= 0.3 is 0 Å². The first-order valence-corrected chi connectivity index (χ1v) is 8.80. The summed E-state index contributed by atoms with van der Waals surface area (Å²) in [6.07, 6.45) is 5.63. The molecule has 1 aromatic heterocycles. The third-order valence-corrected chi connectivity index (χ3v) is 4.19. The van der Waals surface area contributed by atoms with Crippen molar-refractivity contribution in [2.45, 2.75) is 46.6 Å². The molecule has 0 unspecified atom stereocenters. The highest BCUT2D eigenvalue weighted by molar-refractivity contribution is 5.64. The summed E-state index contributed by atoms with van der Waals surface area (Å²) in [5.41, 5.74) is 5.25. The second kappa shape index (κ2) is 8.30. The van der Waals surface area contributed by atoms with Crippen molar-refractivity contribution in [1.29, 1.82) is 0 Å². The molecule has 23 heavy (non-hydrogen) atoms. The number of nitrogens with zero attached hydrogens (tertiary/aromatic N) is 3. The molecule has 3 nitrogen and oxygen atoms in total. The van der Waals surface area contributed by atoms with Gasteiger partial charge in [-0.3, -0.25) is 4.68 Å². The Labute approximate surface area is 141 Å². The summed E-state index contributed by atoms with van der Waals surface area (Å²) in [5.74, 6) is 0.677. The molecule has 0 radical (unpaired) electrons. The van der Waals surface area contributed by atoms with Crippen LogP contribution in [0, 0.1) is 5.92 Å². The van der Waals surface area contributed by atoms with E-state index in [1.54, 1.807) is 0 Å². The van der Waals surface area contributed by atoms with E-state index in [2.05, 4.69) is 62.1 Å². The monoisotopic (exact) mass is 313 g/mol. The van der Waals surface area contributed by atoms with Crippen LogP contribution in [-0.4, -0.2) is 28.3 Å². The van der Waals surface area contributed by atoms with Crippen molar-refractivity contribution < 1.29 is 0 Å². The maximum Gasteiger partial charge on any atom is 0.0724 e. The van der Waals surface area contributed by atoms with E-state index >= 15 is 0 Å². The van der Waals surface area contributed by atoms with E-state index in [0.717, 1.165) is 19.5 Å². The van der Waals surface area contributed by atoms with Crippen molar-refractivity contribution >= 4 is 0 Å². The molecule has 0 amide bonds. The minimum Gasteiger partial charge on any atom is -0.302 e. The summed E-state index contributed by atoms with van der Waals surface area (Å²) in [5, 5.41) is 4.51. The van der Waals surface area contributed by atoms with Gasteiger partial charge in [-0.15, -0.1) is 0 Å². The molecule has 0 N–H and O–H groups in total. The van der Waals surface area contributed by atoms with E-state index in [-0.39, 0.29) is 0 Å². The number of hydrogen-bond donors (Lipinski definition) is 0. The van der Waals surface area contributed by atoms with Crippen molar-refractivity contribution in [3.05, 3.63) is 41.6 Å². The largest absolute Gasteiger partial charge is 0.302 e. The van der Waals surface area contributed by atoms with Crippen LogP contribution >= 0.6 is 0 Å². The van der Waals surface area contributed by atoms with E-state index in [9.17, 15) is 0 Å². The van der Waals surface area contributed by atoms with E-state index < -0.39 is 0 Å². The van der Waals surface area contributed by atoms with Crippen LogP contribution in [0.5, 0.6) is 0 Å². The van der Waals surface area contributed by atoms with Gasteiger partial charge in [0.2, 0.25) is 0 Å². The SMILES string of the molecule is CCCCN(C)Cc1cnn(C)c1-c1cccc(CC(C)C)c1. The fourth-order valence-corrected chi connectivity index (χ4v) is 3.09. The number of aryl methyl sites for hydroxylation is 1. The Kier molecular flexibility index (Phi) is 6.40. The van der Waals surface area contributed by atoms with Gasteiger partial charge in [-0.25, -0.2) is 0 Å². The van der Waals surface area contributed by atoms with Crippen LogP contribution in [0.15, 0.2) is 30.5 Å². The highest BCUT2D eigenvalue weighted by atomic mass is 15.3. The molecule has 0 bridgehead atoms. The number of unbranched alkanes of at least 4 members (excludes halogenated alkanes) is 1. The summed E-state index contributed by atoms with van der Waals surface area (Å²) < 4.78 is 2.01. The molecule has 0 atom stereocenters. The second-order valence-electron chi connectivity index (χ2n) is 7.03. The zero-order valence-corrected chi connectivity index (χ0v) is 15.3. The van der Waals surface area contributed by atoms with E-state index in [1.165, 1.54) is 35.2 Å². The molecule has 1 aromatic carbocycles. The average Bonchev–Trinajstić information content (AvgIpc) is 2.85. The number of aromatic nitrogens is 2. The zero-order valence-electron chi connectivity index (χ0n) is 15.3. The molecule has 0 aliphatic rings. The van der Waals surface area contributed by atoms with Gasteiger partial charge in [0.1, 0.15) is 0 Å². The Morgan fingerprint density at radius 3 is 2.74 bits per heavy atom. The molecule has 126 valence electrons. The second-order valence-corrected chi connectivity index (χ2v) is 7.03. The van der Waals surface area contributed by atoms with Crippen LogP contribution in [0.2, 0.25) is 0 Å². The standard InChI is InChI=1S/C20H31N3/c1-6-7-11-22(4)15-19-14-21-23(5)20(19)18-10-8-9-17(13-18)12-16(2)3/h8-10,13-14,16H,6-7,11-12,15H2,1-5H3. The molecule has 0 aliphatic heterocycles. The first kappa shape index (κ1) is 17.7. The third kappa shape index (κ3) is 4.93. The quantitative estimate of drug-likeness (QED) is 0.714. The number of hydrogen-bond acceptors (Lipinski definition) is 2. The maximum atomic E-state index is 4.51. The lowest BCUT2D eigenvalue weighted by Gasteiger charge is -2.17. The maximum absolute atomic E-state index is 4.51. The Morgan fingerprint density at radius 1 is 1.26 bits per heavy atom. The normalized spacial score (nSPS) is 11.6. The summed E-state index contributed by atoms with van der Waals surface area (Å²) in [7, 11) is 4.24. The fraction of sp³-hybridized carbons (Fsp3) is 0.550. The van der Waals surface area contributed by atoms with Crippen molar-refractivity contribution in [2.24, 2.45) is 13.0 Å². The summed E-state index contributed by atoms with van der Waals surface area (Å²) >= 11 is 0. The van der Waals surface area contributed by atoms with Gasteiger partial charge in [-0.1, -0.05) is 45.4 Å². The molecule has 0 fully saturated rings. The van der Waals surface area contributed by atoms with Crippen LogP contribution in [0.25, 0.3) is 11.3 Å². The van der Waals surface area contributed by atoms with Crippen LogP contribution in [0.3, 0.4) is 0 Å². The predicted octanol–water partition coefficient (Wildman–Crippen LogP) is 4.52. The van der Waals surface area contributed by atoms with Crippen LogP contribution in [0.1, 0.15) is 44.7 Å². The molecular formula is C20H31N3. The highest BCUT2D eigenvalue weighted by Gasteiger charge is 2.13. The molecule has 0 saturated heterocycles. The average molecular weight is 313 g/mol. The molecule has 0 saturated carbocycles. The summed E-state index contributed by atoms with van der Waals surface area (Å²) in [4.78, 5) is 2.39. The lowest BCUT2D eigenvalue weighted by Crippen LogP contribution is -2.19. The van der Waals surface area contributed by atoms with E-state index in [1.807, 2.05) is 17.9 Å². The third-order valence-electron chi connectivity index (χ3n) is 4.19. The van der Waals surface area contributed by atoms with Crippen molar-refractivity contribution in [1.82, 2.24) is 14.7 Å². The van der Waals surface area contributed by atoms with E-state index in [4.69, 9.17) is 0 Å². The zero-order chi connectivity index (χ0) is 16.8. The van der Waals surface area contributed by atoms with Gasteiger partial charge < -0.3 is 4.90 Å². The molecule has 0 spiro atoms. The van der Waals surface area contributed by atoms with Crippen LogP contribution in [-0.2, 0) is 20.0 Å². The fourth-order valence-electron chi connectivity index (χ4n) is 3.09. The van der Waals surface area contributed by atoms with Crippen LogP contribution in [0.4, 0.5) is 0 Å². The van der Waals surface area contributed by atoms with Gasteiger partial charge in [0.15, 0.2) is 0 Å². The van der Waals surface area contributed by atoms with E-state index in [0.29, 0.717) is 5.92 Å².